The van der Waals surface area contributed by atoms with E-state index in [9.17, 15) is 19.5 Å². The van der Waals surface area contributed by atoms with Crippen LogP contribution in [0.2, 0.25) is 0 Å². The zero-order chi connectivity index (χ0) is 26.7. The fraction of sp³-hybridized carbons (Fsp3) is 0.370. The van der Waals surface area contributed by atoms with Crippen LogP contribution < -0.4 is 5.32 Å². The molecular weight excluding hydrogens is 556 g/mol. The predicted molar refractivity (Wildman–Crippen MR) is 145 cm³/mol. The molecule has 3 aromatic rings. The molecule has 0 unspecified atom stereocenters. The van der Waals surface area contributed by atoms with Crippen LogP contribution in [0, 0.1) is 5.92 Å². The van der Waals surface area contributed by atoms with Gasteiger partial charge in [0.25, 0.3) is 5.91 Å². The zero-order valence-corrected chi connectivity index (χ0v) is 23.3. The SMILES string of the molecule is CC(C)(C)c1ccc(C(=O)N[C@@H](Cc2ccc(-c3ncc(Br)cn3)cc2)C(=O)N2CC[C@H](C(=O)O)C2)s1. The molecule has 4 rings (SSSR count). The Labute approximate surface area is 228 Å². The van der Waals surface area contributed by atoms with Gasteiger partial charge in [-0.25, -0.2) is 9.97 Å². The number of likely N-dealkylation sites (tertiary alicyclic amines) is 1. The molecule has 10 heteroatoms. The summed E-state index contributed by atoms with van der Waals surface area (Å²) in [7, 11) is 0. The lowest BCUT2D eigenvalue weighted by atomic mass is 9.95. The maximum Gasteiger partial charge on any atom is 0.308 e. The predicted octanol–water partition coefficient (Wildman–Crippen LogP) is 4.54. The molecule has 1 aliphatic rings. The van der Waals surface area contributed by atoms with Crippen molar-refractivity contribution in [3.05, 3.63) is 68.6 Å². The van der Waals surface area contributed by atoms with E-state index in [1.54, 1.807) is 23.4 Å². The Hall–Kier alpha value is -3.11. The number of rotatable bonds is 7. The van der Waals surface area contributed by atoms with Crippen LogP contribution in [-0.4, -0.2) is 56.9 Å². The molecule has 1 aromatic carbocycles. The van der Waals surface area contributed by atoms with Crippen molar-refractivity contribution in [3.63, 3.8) is 0 Å². The number of amides is 2. The van der Waals surface area contributed by atoms with E-state index in [1.165, 1.54) is 11.3 Å². The van der Waals surface area contributed by atoms with Crippen LogP contribution in [0.5, 0.6) is 0 Å². The number of carboxylic acid groups (broad SMARTS) is 1. The van der Waals surface area contributed by atoms with Crippen LogP contribution in [-0.2, 0) is 21.4 Å². The van der Waals surface area contributed by atoms with E-state index in [1.807, 2.05) is 30.3 Å². The number of carboxylic acids is 1. The fourth-order valence-electron chi connectivity index (χ4n) is 4.16. The Bertz CT molecular complexity index is 1280. The number of nitrogens with one attached hydrogen (secondary N) is 1. The third-order valence-corrected chi connectivity index (χ3v) is 8.21. The Kier molecular flexibility index (Phi) is 8.08. The maximum atomic E-state index is 13.5. The zero-order valence-electron chi connectivity index (χ0n) is 20.9. The molecule has 0 bridgehead atoms. The fourth-order valence-corrected chi connectivity index (χ4v) is 5.33. The van der Waals surface area contributed by atoms with Gasteiger partial charge in [0, 0.05) is 42.3 Å². The number of hydrogen-bond acceptors (Lipinski definition) is 6. The van der Waals surface area contributed by atoms with Gasteiger partial charge >= 0.3 is 5.97 Å². The van der Waals surface area contributed by atoms with E-state index in [2.05, 4.69) is 52.0 Å². The van der Waals surface area contributed by atoms with Crippen LogP contribution >= 0.6 is 27.3 Å². The second-order valence-electron chi connectivity index (χ2n) is 10.2. The molecule has 1 saturated heterocycles. The van der Waals surface area contributed by atoms with Crippen molar-refractivity contribution in [2.24, 2.45) is 5.92 Å². The van der Waals surface area contributed by atoms with Gasteiger partial charge in [-0.1, -0.05) is 45.0 Å². The minimum atomic E-state index is -0.907. The molecule has 0 saturated carbocycles. The van der Waals surface area contributed by atoms with Crippen molar-refractivity contribution in [2.45, 2.75) is 45.1 Å². The van der Waals surface area contributed by atoms with Gasteiger partial charge in [-0.05, 0) is 45.5 Å². The van der Waals surface area contributed by atoms with Gasteiger partial charge in [0.15, 0.2) is 5.82 Å². The van der Waals surface area contributed by atoms with Crippen molar-refractivity contribution in [2.75, 3.05) is 13.1 Å². The third-order valence-electron chi connectivity index (χ3n) is 6.29. The molecule has 2 N–H and O–H groups in total. The van der Waals surface area contributed by atoms with E-state index in [0.717, 1.165) is 20.5 Å². The number of nitrogens with zero attached hydrogens (tertiary/aromatic N) is 3. The summed E-state index contributed by atoms with van der Waals surface area (Å²) < 4.78 is 0.789. The molecular formula is C27H29BrN4O4S. The molecule has 37 heavy (non-hydrogen) atoms. The van der Waals surface area contributed by atoms with E-state index in [0.29, 0.717) is 23.7 Å². The molecule has 2 aromatic heterocycles. The van der Waals surface area contributed by atoms with Gasteiger partial charge < -0.3 is 15.3 Å². The smallest absolute Gasteiger partial charge is 0.308 e. The first-order valence-corrected chi connectivity index (χ1v) is 13.6. The molecule has 1 fully saturated rings. The van der Waals surface area contributed by atoms with Gasteiger partial charge in [0.1, 0.15) is 6.04 Å². The van der Waals surface area contributed by atoms with E-state index >= 15 is 0 Å². The highest BCUT2D eigenvalue weighted by Gasteiger charge is 2.35. The number of aromatic nitrogens is 2. The average molecular weight is 586 g/mol. The first-order valence-electron chi connectivity index (χ1n) is 12.0. The van der Waals surface area contributed by atoms with Crippen LogP contribution in [0.15, 0.2) is 53.3 Å². The van der Waals surface area contributed by atoms with E-state index in [4.69, 9.17) is 0 Å². The number of benzene rings is 1. The maximum absolute atomic E-state index is 13.5. The summed E-state index contributed by atoms with van der Waals surface area (Å²) in [5, 5.41) is 12.3. The first kappa shape index (κ1) is 26.9. The lowest BCUT2D eigenvalue weighted by Crippen LogP contribution is -2.49. The second-order valence-corrected chi connectivity index (χ2v) is 12.2. The van der Waals surface area contributed by atoms with Gasteiger partial charge in [-0.3, -0.25) is 14.4 Å². The summed E-state index contributed by atoms with van der Waals surface area (Å²) in [5.41, 5.74) is 1.61. The minimum Gasteiger partial charge on any atom is -0.481 e. The number of aliphatic carboxylic acids is 1. The van der Waals surface area contributed by atoms with Crippen molar-refractivity contribution in [1.29, 1.82) is 0 Å². The van der Waals surface area contributed by atoms with Crippen molar-refractivity contribution in [1.82, 2.24) is 20.2 Å². The molecule has 1 aliphatic heterocycles. The van der Waals surface area contributed by atoms with Gasteiger partial charge in [0.2, 0.25) is 5.91 Å². The Balaban J connectivity index is 1.53. The summed E-state index contributed by atoms with van der Waals surface area (Å²) in [6, 6.07) is 10.4. The summed E-state index contributed by atoms with van der Waals surface area (Å²) in [5.74, 6) is -1.50. The number of hydrogen-bond donors (Lipinski definition) is 2. The van der Waals surface area contributed by atoms with Gasteiger partial charge in [0.05, 0.1) is 15.3 Å². The third kappa shape index (κ3) is 6.61. The number of halogens is 1. The topological polar surface area (TPSA) is 112 Å². The average Bonchev–Trinajstić information content (AvgIpc) is 3.55. The monoisotopic (exact) mass is 584 g/mol. The first-order chi connectivity index (χ1) is 17.5. The molecule has 0 aliphatic carbocycles. The summed E-state index contributed by atoms with van der Waals surface area (Å²) in [6.45, 7) is 6.76. The van der Waals surface area contributed by atoms with E-state index in [-0.39, 0.29) is 30.2 Å². The molecule has 194 valence electrons. The minimum absolute atomic E-state index is 0.0832. The summed E-state index contributed by atoms with van der Waals surface area (Å²) >= 11 is 4.74. The Morgan fingerprint density at radius 3 is 2.38 bits per heavy atom. The molecule has 0 spiro atoms. The van der Waals surface area contributed by atoms with Gasteiger partial charge in [-0.2, -0.15) is 0 Å². The highest BCUT2D eigenvalue weighted by Crippen LogP contribution is 2.29. The summed E-state index contributed by atoms with van der Waals surface area (Å²) in [4.78, 5) is 49.8. The highest BCUT2D eigenvalue weighted by molar-refractivity contribution is 9.10. The molecule has 8 nitrogen and oxygen atoms in total. The molecule has 2 atom stereocenters. The highest BCUT2D eigenvalue weighted by atomic mass is 79.9. The van der Waals surface area contributed by atoms with Crippen molar-refractivity contribution in [3.8, 4) is 11.4 Å². The number of thiophene rings is 1. The quantitative estimate of drug-likeness (QED) is 0.421. The van der Waals surface area contributed by atoms with Crippen molar-refractivity contribution < 1.29 is 19.5 Å². The van der Waals surface area contributed by atoms with E-state index < -0.39 is 17.9 Å². The molecule has 3 heterocycles. The second kappa shape index (κ2) is 11.1. The van der Waals surface area contributed by atoms with Crippen LogP contribution in [0.3, 0.4) is 0 Å². The summed E-state index contributed by atoms with van der Waals surface area (Å²) in [6.07, 6.45) is 4.04. The van der Waals surface area contributed by atoms with Crippen LogP contribution in [0.1, 0.15) is 47.3 Å². The largest absolute Gasteiger partial charge is 0.481 e. The number of carbonyl (C=O) groups excluding carboxylic acids is 2. The lowest BCUT2D eigenvalue weighted by Gasteiger charge is -2.24. The van der Waals surface area contributed by atoms with Crippen LogP contribution in [0.25, 0.3) is 11.4 Å². The molecule has 0 radical (unpaired) electrons. The molecule has 2 amide bonds. The Morgan fingerprint density at radius 1 is 1.14 bits per heavy atom. The van der Waals surface area contributed by atoms with Gasteiger partial charge in [-0.15, -0.1) is 11.3 Å². The Morgan fingerprint density at radius 2 is 1.81 bits per heavy atom. The van der Waals surface area contributed by atoms with Crippen molar-refractivity contribution >= 4 is 45.1 Å². The lowest BCUT2D eigenvalue weighted by molar-refractivity contribution is -0.141. The standard InChI is InChI=1S/C27H29BrN4O4S/c1-27(2,3)22-9-8-21(37-22)24(33)31-20(25(34)32-11-10-18(15-32)26(35)36)12-16-4-6-17(7-5-16)23-29-13-19(28)14-30-23/h4-9,13-14,18,20H,10-12,15H2,1-3H3,(H,31,33)(H,35,36)/t18-,20-/m0/s1. The normalized spacial score (nSPS) is 16.4. The van der Waals surface area contributed by atoms with Crippen LogP contribution in [0.4, 0.5) is 0 Å². The number of carbonyl (C=O) groups is 3.